The third-order valence-corrected chi connectivity index (χ3v) is 9.90. The number of rotatable bonds is 40. The van der Waals surface area contributed by atoms with E-state index in [0.717, 1.165) is 89.9 Å². The van der Waals surface area contributed by atoms with E-state index in [0.29, 0.717) is 19.3 Å². The van der Waals surface area contributed by atoms with Crippen molar-refractivity contribution in [2.24, 2.45) is 0 Å². The molecular formula is C52H86NO7+. The Labute approximate surface area is 366 Å². The van der Waals surface area contributed by atoms with Gasteiger partial charge in [-0.15, -0.1) is 0 Å². The molecule has 0 aromatic rings. The molecule has 0 saturated heterocycles. The quantitative estimate of drug-likeness (QED) is 0.0284. The highest BCUT2D eigenvalue weighted by molar-refractivity contribution is 5.72. The fourth-order valence-electron chi connectivity index (χ4n) is 6.23. The molecule has 0 aliphatic heterocycles. The molecule has 0 amide bonds. The Morgan fingerprint density at radius 2 is 0.883 bits per heavy atom. The van der Waals surface area contributed by atoms with Crippen LogP contribution >= 0.6 is 0 Å². The van der Waals surface area contributed by atoms with Crippen molar-refractivity contribution in [1.29, 1.82) is 0 Å². The third kappa shape index (κ3) is 39.7. The summed E-state index contributed by atoms with van der Waals surface area (Å²) in [7, 11) is 5.50. The predicted molar refractivity (Wildman–Crippen MR) is 252 cm³/mol. The summed E-state index contributed by atoms with van der Waals surface area (Å²) in [5, 5.41) is 9.63. The maximum absolute atomic E-state index is 12.8. The molecule has 8 nitrogen and oxygen atoms in total. The van der Waals surface area contributed by atoms with E-state index in [1.807, 2.05) is 33.3 Å². The van der Waals surface area contributed by atoms with Crippen LogP contribution in [0.15, 0.2) is 97.2 Å². The minimum Gasteiger partial charge on any atom is -0.477 e. The van der Waals surface area contributed by atoms with Crippen LogP contribution in [0.25, 0.3) is 0 Å². The molecule has 0 heterocycles. The first kappa shape index (κ1) is 56.2. The summed E-state index contributed by atoms with van der Waals surface area (Å²) in [5.74, 6) is -1.54. The van der Waals surface area contributed by atoms with Gasteiger partial charge in [-0.05, 0) is 64.2 Å². The van der Waals surface area contributed by atoms with Crippen LogP contribution in [0.1, 0.15) is 162 Å². The number of carbonyl (C=O) groups is 3. The fourth-order valence-corrected chi connectivity index (χ4v) is 6.23. The van der Waals surface area contributed by atoms with Crippen LogP contribution in [0, 0.1) is 0 Å². The number of unbranched alkanes of at least 4 members (excludes halogenated alkanes) is 16. The summed E-state index contributed by atoms with van der Waals surface area (Å²) in [6, 6.07) is -0.629. The zero-order valence-corrected chi connectivity index (χ0v) is 38.6. The van der Waals surface area contributed by atoms with Gasteiger partial charge in [0.25, 0.3) is 0 Å². The number of quaternary nitrogens is 1. The molecule has 0 radical (unpaired) electrons. The third-order valence-electron chi connectivity index (χ3n) is 9.90. The second-order valence-corrected chi connectivity index (χ2v) is 16.5. The molecule has 60 heavy (non-hydrogen) atoms. The first-order chi connectivity index (χ1) is 29.1. The second kappa shape index (κ2) is 42.0. The van der Waals surface area contributed by atoms with Crippen LogP contribution in [0.3, 0.4) is 0 Å². The number of allylic oxidation sites excluding steroid dienone is 16. The number of carboxylic acid groups (broad SMARTS) is 1. The van der Waals surface area contributed by atoms with Crippen molar-refractivity contribution in [2.75, 3.05) is 41.0 Å². The number of carboxylic acids is 1. The average molecular weight is 837 g/mol. The molecule has 8 heteroatoms. The highest BCUT2D eigenvalue weighted by Gasteiger charge is 2.31. The number of likely N-dealkylation sites (N-methyl/N-ethyl adjacent to an activating group) is 1. The summed E-state index contributed by atoms with van der Waals surface area (Å²) >= 11 is 0. The number of nitrogens with zero attached hydrogens (tertiary/aromatic N) is 1. The molecule has 1 N–H and O–H groups in total. The molecule has 2 unspecified atom stereocenters. The van der Waals surface area contributed by atoms with E-state index < -0.39 is 18.1 Å². The smallest absolute Gasteiger partial charge is 0.362 e. The lowest BCUT2D eigenvalue weighted by atomic mass is 10.1. The first-order valence-corrected chi connectivity index (χ1v) is 23.4. The Bertz CT molecular complexity index is 1300. The maximum atomic E-state index is 12.8. The Kier molecular flexibility index (Phi) is 39.3. The number of hydrogen-bond donors (Lipinski definition) is 1. The van der Waals surface area contributed by atoms with Crippen LogP contribution in [0.2, 0.25) is 0 Å². The van der Waals surface area contributed by atoms with Crippen molar-refractivity contribution in [3.05, 3.63) is 97.2 Å². The van der Waals surface area contributed by atoms with E-state index in [9.17, 15) is 19.5 Å². The Balaban J connectivity index is 4.45. The minimum atomic E-state index is -0.887. The topological polar surface area (TPSA) is 99.1 Å². The van der Waals surface area contributed by atoms with Crippen molar-refractivity contribution < 1.29 is 38.2 Å². The van der Waals surface area contributed by atoms with Gasteiger partial charge in [-0.25, -0.2) is 4.79 Å². The van der Waals surface area contributed by atoms with E-state index in [1.54, 1.807) is 0 Å². The highest BCUT2D eigenvalue weighted by Crippen LogP contribution is 2.13. The van der Waals surface area contributed by atoms with Gasteiger partial charge in [0, 0.05) is 19.3 Å². The lowest BCUT2D eigenvalue weighted by Crippen LogP contribution is -2.50. The maximum Gasteiger partial charge on any atom is 0.362 e. The van der Waals surface area contributed by atoms with E-state index >= 15 is 0 Å². The minimum absolute atomic E-state index is 0.0368. The molecule has 2 atom stereocenters. The molecular weight excluding hydrogens is 751 g/mol. The first-order valence-electron chi connectivity index (χ1n) is 23.4. The number of ether oxygens (including phenoxy) is 3. The van der Waals surface area contributed by atoms with Gasteiger partial charge in [-0.2, -0.15) is 0 Å². The van der Waals surface area contributed by atoms with Crippen molar-refractivity contribution in [1.82, 2.24) is 0 Å². The standard InChI is InChI=1S/C52H85NO7/c1-6-8-10-12-14-16-18-20-22-24-26-28-30-32-34-36-38-40-42-50(54)59-47-48(46-58-45-44-49(52(56)57)53(3,4)5)60-51(55)43-41-39-37-35-33-31-29-27-25-23-21-19-17-15-13-11-9-7-2/h14-29,48-49H,6-13,30-47H2,1-5H3/p+1/b16-14+,17-15+,20-18+,21-19+,24-22+,25-23+,28-26+,29-27+. The van der Waals surface area contributed by atoms with Crippen LogP contribution in [0.4, 0.5) is 0 Å². The van der Waals surface area contributed by atoms with Crippen LogP contribution in [-0.2, 0) is 28.6 Å². The normalized spacial score (nSPS) is 13.8. The predicted octanol–water partition coefficient (Wildman–Crippen LogP) is 13.1. The van der Waals surface area contributed by atoms with Crippen LogP contribution in [-0.4, -0.2) is 80.6 Å². The number of esters is 2. The Morgan fingerprint density at radius 3 is 1.30 bits per heavy atom. The lowest BCUT2D eigenvalue weighted by Gasteiger charge is -2.31. The molecule has 0 aliphatic carbocycles. The summed E-state index contributed by atoms with van der Waals surface area (Å²) in [6.07, 6.45) is 55.8. The van der Waals surface area contributed by atoms with Gasteiger partial charge in [0.05, 0.1) is 34.4 Å². The number of carbonyl (C=O) groups excluding carboxylic acids is 2. The van der Waals surface area contributed by atoms with E-state index in [1.165, 1.54) is 38.5 Å². The molecule has 0 bridgehead atoms. The molecule has 0 saturated carbocycles. The van der Waals surface area contributed by atoms with Crippen molar-refractivity contribution in [2.45, 2.75) is 174 Å². The van der Waals surface area contributed by atoms with E-state index in [-0.39, 0.29) is 36.2 Å². The zero-order chi connectivity index (χ0) is 44.2. The summed E-state index contributed by atoms with van der Waals surface area (Å²) < 4.78 is 17.3. The second-order valence-electron chi connectivity index (χ2n) is 16.5. The lowest BCUT2D eigenvalue weighted by molar-refractivity contribution is -0.887. The monoisotopic (exact) mass is 837 g/mol. The van der Waals surface area contributed by atoms with Gasteiger partial charge in [0.2, 0.25) is 0 Å². The molecule has 0 fully saturated rings. The molecule has 0 aliphatic rings. The Morgan fingerprint density at radius 1 is 0.500 bits per heavy atom. The van der Waals surface area contributed by atoms with Crippen molar-refractivity contribution in [3.8, 4) is 0 Å². The molecule has 0 aromatic heterocycles. The van der Waals surface area contributed by atoms with Crippen LogP contribution in [0.5, 0.6) is 0 Å². The molecule has 0 aromatic carbocycles. The largest absolute Gasteiger partial charge is 0.477 e. The van der Waals surface area contributed by atoms with E-state index in [2.05, 4.69) is 98.9 Å². The molecule has 340 valence electrons. The number of hydrogen-bond acceptors (Lipinski definition) is 6. The fraction of sp³-hybridized carbons (Fsp3) is 0.635. The van der Waals surface area contributed by atoms with E-state index in [4.69, 9.17) is 14.2 Å². The Hall–Kier alpha value is -3.75. The van der Waals surface area contributed by atoms with Crippen molar-refractivity contribution in [3.63, 3.8) is 0 Å². The van der Waals surface area contributed by atoms with Gasteiger partial charge >= 0.3 is 17.9 Å². The van der Waals surface area contributed by atoms with Crippen molar-refractivity contribution >= 4 is 17.9 Å². The van der Waals surface area contributed by atoms with Gasteiger partial charge in [-0.3, -0.25) is 9.59 Å². The SMILES string of the molecule is CCCCC/C=C/C=C/C=C/C=C/CCCCCCCC(=O)OCC(COCCC(C(=O)O)[N+](C)(C)C)OC(=O)CCCCCCC/C=C/C=C/C=C/C=C/CCCCC. The van der Waals surface area contributed by atoms with Gasteiger partial charge in [0.1, 0.15) is 6.61 Å². The molecule has 0 rings (SSSR count). The van der Waals surface area contributed by atoms with Crippen LogP contribution < -0.4 is 0 Å². The summed E-state index contributed by atoms with van der Waals surface area (Å²) in [4.78, 5) is 37.1. The molecule has 0 spiro atoms. The summed E-state index contributed by atoms with van der Waals surface area (Å²) in [5.41, 5.74) is 0. The number of aliphatic carboxylic acids is 1. The van der Waals surface area contributed by atoms with Gasteiger partial charge in [0.15, 0.2) is 12.1 Å². The van der Waals surface area contributed by atoms with Gasteiger partial charge < -0.3 is 23.8 Å². The highest BCUT2D eigenvalue weighted by atomic mass is 16.6. The summed E-state index contributed by atoms with van der Waals surface area (Å²) in [6.45, 7) is 4.59. The van der Waals surface area contributed by atoms with Gasteiger partial charge in [-0.1, -0.05) is 175 Å². The zero-order valence-electron chi connectivity index (χ0n) is 38.6. The average Bonchev–Trinajstić information content (AvgIpc) is 3.21.